The van der Waals surface area contributed by atoms with Crippen molar-refractivity contribution in [3.05, 3.63) is 35.4 Å². The van der Waals surface area contributed by atoms with Gasteiger partial charge in [0, 0.05) is 11.6 Å². The standard InChI is InChI=1S/C11H8F3NO2/c12-7-3-6(4-8(13)5-7)1-2-9(14)10(15)11(16)17/h3-5,9-10H,15H2,(H,16,17)/t9-,10+/m1/s1. The van der Waals surface area contributed by atoms with E-state index in [0.717, 1.165) is 12.1 Å². The van der Waals surface area contributed by atoms with Crippen LogP contribution in [0.4, 0.5) is 13.2 Å². The van der Waals surface area contributed by atoms with E-state index in [1.165, 1.54) is 0 Å². The molecule has 90 valence electrons. The molecule has 1 aromatic carbocycles. The van der Waals surface area contributed by atoms with Crippen LogP contribution in [0, 0.1) is 23.5 Å². The van der Waals surface area contributed by atoms with Gasteiger partial charge in [0.25, 0.3) is 0 Å². The van der Waals surface area contributed by atoms with Gasteiger partial charge in [0.1, 0.15) is 17.7 Å². The smallest absolute Gasteiger partial charge is 0.324 e. The first-order valence-corrected chi connectivity index (χ1v) is 4.50. The molecule has 17 heavy (non-hydrogen) atoms. The third-order valence-electron chi connectivity index (χ3n) is 1.82. The van der Waals surface area contributed by atoms with Gasteiger partial charge in [-0.3, -0.25) is 4.79 Å². The number of nitrogens with two attached hydrogens (primary N) is 1. The zero-order chi connectivity index (χ0) is 13.0. The molecule has 6 heteroatoms. The summed E-state index contributed by atoms with van der Waals surface area (Å²) in [5, 5.41) is 8.39. The maximum atomic E-state index is 13.1. The van der Waals surface area contributed by atoms with Crippen molar-refractivity contribution in [3.8, 4) is 11.8 Å². The molecule has 1 aromatic rings. The second-order valence-electron chi connectivity index (χ2n) is 3.19. The number of halogens is 3. The topological polar surface area (TPSA) is 63.3 Å². The Kier molecular flexibility index (Phi) is 4.12. The van der Waals surface area contributed by atoms with Crippen molar-refractivity contribution in [2.75, 3.05) is 0 Å². The second-order valence-corrected chi connectivity index (χ2v) is 3.19. The lowest BCUT2D eigenvalue weighted by Crippen LogP contribution is -2.38. The molecule has 0 saturated carbocycles. The van der Waals surface area contributed by atoms with Crippen molar-refractivity contribution in [3.63, 3.8) is 0 Å². The summed E-state index contributed by atoms with van der Waals surface area (Å²) in [5.74, 6) is 0.739. The average Bonchev–Trinajstić information content (AvgIpc) is 2.23. The number of alkyl halides is 1. The van der Waals surface area contributed by atoms with Crippen LogP contribution < -0.4 is 5.73 Å². The molecule has 0 aliphatic heterocycles. The van der Waals surface area contributed by atoms with Gasteiger partial charge in [0.2, 0.25) is 0 Å². The molecule has 0 unspecified atom stereocenters. The summed E-state index contributed by atoms with van der Waals surface area (Å²) >= 11 is 0. The Morgan fingerprint density at radius 2 is 1.82 bits per heavy atom. The molecule has 0 radical (unpaired) electrons. The molecule has 0 saturated heterocycles. The van der Waals surface area contributed by atoms with E-state index in [4.69, 9.17) is 10.8 Å². The van der Waals surface area contributed by atoms with Crippen LogP contribution >= 0.6 is 0 Å². The first kappa shape index (κ1) is 13.1. The van der Waals surface area contributed by atoms with Gasteiger partial charge in [0.05, 0.1) is 0 Å². The predicted octanol–water partition coefficient (Wildman–Crippen LogP) is 1.07. The second kappa shape index (κ2) is 5.37. The van der Waals surface area contributed by atoms with Gasteiger partial charge in [-0.1, -0.05) is 11.8 Å². The highest BCUT2D eigenvalue weighted by molar-refractivity contribution is 5.74. The van der Waals surface area contributed by atoms with E-state index in [1.54, 1.807) is 0 Å². The number of hydrogen-bond donors (Lipinski definition) is 2. The van der Waals surface area contributed by atoms with E-state index in [-0.39, 0.29) is 5.56 Å². The molecule has 2 atom stereocenters. The molecule has 0 fully saturated rings. The zero-order valence-corrected chi connectivity index (χ0v) is 8.45. The molecule has 1 rings (SSSR count). The van der Waals surface area contributed by atoms with E-state index in [2.05, 4.69) is 5.92 Å². The van der Waals surface area contributed by atoms with Crippen LogP contribution in [0.2, 0.25) is 0 Å². The Morgan fingerprint density at radius 1 is 1.29 bits per heavy atom. The van der Waals surface area contributed by atoms with Gasteiger partial charge in [-0.05, 0) is 12.1 Å². The number of rotatable bonds is 2. The van der Waals surface area contributed by atoms with E-state index in [1.807, 2.05) is 5.92 Å². The summed E-state index contributed by atoms with van der Waals surface area (Å²) < 4.78 is 38.5. The third kappa shape index (κ3) is 3.81. The minimum Gasteiger partial charge on any atom is -0.480 e. The minimum absolute atomic E-state index is 0.0947. The molecule has 0 amide bonds. The highest BCUT2D eigenvalue weighted by Gasteiger charge is 2.21. The van der Waals surface area contributed by atoms with Crippen LogP contribution in [0.25, 0.3) is 0 Å². The summed E-state index contributed by atoms with van der Waals surface area (Å²) in [6, 6.07) is 0.645. The predicted molar refractivity (Wildman–Crippen MR) is 53.7 cm³/mol. The van der Waals surface area contributed by atoms with E-state index in [0.29, 0.717) is 6.07 Å². The summed E-state index contributed by atoms with van der Waals surface area (Å²) in [6.45, 7) is 0. The monoisotopic (exact) mass is 243 g/mol. The summed E-state index contributed by atoms with van der Waals surface area (Å²) in [6.07, 6.45) is -2.11. The summed E-state index contributed by atoms with van der Waals surface area (Å²) in [7, 11) is 0. The van der Waals surface area contributed by atoms with Gasteiger partial charge >= 0.3 is 5.97 Å². The van der Waals surface area contributed by atoms with Crippen LogP contribution in [-0.2, 0) is 4.79 Å². The fourth-order valence-corrected chi connectivity index (χ4v) is 0.993. The van der Waals surface area contributed by atoms with Crippen molar-refractivity contribution < 1.29 is 23.1 Å². The van der Waals surface area contributed by atoms with Crippen molar-refractivity contribution in [2.45, 2.75) is 12.2 Å². The molecule has 0 spiro atoms. The number of benzene rings is 1. The molecule has 0 aromatic heterocycles. The maximum absolute atomic E-state index is 13.1. The molecular formula is C11H8F3NO2. The maximum Gasteiger partial charge on any atom is 0.324 e. The molecule has 3 N–H and O–H groups in total. The van der Waals surface area contributed by atoms with Gasteiger partial charge in [-0.15, -0.1) is 0 Å². The van der Waals surface area contributed by atoms with Gasteiger partial charge < -0.3 is 10.8 Å². The number of carboxylic acids is 1. The quantitative estimate of drug-likeness (QED) is 0.763. The molecule has 3 nitrogen and oxygen atoms in total. The Hall–Kier alpha value is -2.00. The van der Waals surface area contributed by atoms with Gasteiger partial charge in [0.15, 0.2) is 6.17 Å². The van der Waals surface area contributed by atoms with E-state index in [9.17, 15) is 18.0 Å². The highest BCUT2D eigenvalue weighted by atomic mass is 19.1. The lowest BCUT2D eigenvalue weighted by molar-refractivity contribution is -0.139. The van der Waals surface area contributed by atoms with E-state index >= 15 is 0 Å². The summed E-state index contributed by atoms with van der Waals surface area (Å²) in [4.78, 5) is 10.3. The minimum atomic E-state index is -2.11. The summed E-state index contributed by atoms with van der Waals surface area (Å²) in [5.41, 5.74) is 4.86. The molecule has 0 bridgehead atoms. The number of hydrogen-bond acceptors (Lipinski definition) is 2. The number of carboxylic acid groups (broad SMARTS) is 1. The fourth-order valence-electron chi connectivity index (χ4n) is 0.993. The fraction of sp³-hybridized carbons (Fsp3) is 0.182. The Bertz CT molecular complexity index is 473. The molecular weight excluding hydrogens is 235 g/mol. The van der Waals surface area contributed by atoms with Gasteiger partial charge in [-0.2, -0.15) is 0 Å². The Labute approximate surface area is 95.0 Å². The van der Waals surface area contributed by atoms with Gasteiger partial charge in [-0.25, -0.2) is 13.2 Å². The zero-order valence-electron chi connectivity index (χ0n) is 8.45. The van der Waals surface area contributed by atoms with Crippen LogP contribution in [0.1, 0.15) is 5.56 Å². The van der Waals surface area contributed by atoms with E-state index < -0.39 is 29.8 Å². The number of aliphatic carboxylic acids is 1. The van der Waals surface area contributed by atoms with Crippen molar-refractivity contribution in [1.82, 2.24) is 0 Å². The first-order valence-electron chi connectivity index (χ1n) is 4.50. The largest absolute Gasteiger partial charge is 0.480 e. The first-order chi connectivity index (χ1) is 7.90. The molecule has 0 aliphatic rings. The number of carbonyl (C=O) groups is 1. The van der Waals surface area contributed by atoms with Crippen LogP contribution in [0.5, 0.6) is 0 Å². The normalized spacial score (nSPS) is 13.4. The SMILES string of the molecule is N[C@H](C(=O)O)[C@H](F)C#Cc1cc(F)cc(F)c1. The average molecular weight is 243 g/mol. The van der Waals surface area contributed by atoms with Crippen LogP contribution in [-0.4, -0.2) is 23.3 Å². The third-order valence-corrected chi connectivity index (χ3v) is 1.82. The Balaban J connectivity index is 2.88. The van der Waals surface area contributed by atoms with Crippen molar-refractivity contribution in [2.24, 2.45) is 5.73 Å². The van der Waals surface area contributed by atoms with Crippen molar-refractivity contribution in [1.29, 1.82) is 0 Å². The lowest BCUT2D eigenvalue weighted by atomic mass is 10.1. The lowest BCUT2D eigenvalue weighted by Gasteiger charge is -2.04. The molecule has 0 aliphatic carbocycles. The van der Waals surface area contributed by atoms with Crippen LogP contribution in [0.15, 0.2) is 18.2 Å². The highest BCUT2D eigenvalue weighted by Crippen LogP contribution is 2.07. The Morgan fingerprint density at radius 3 is 2.29 bits per heavy atom. The molecule has 0 heterocycles. The van der Waals surface area contributed by atoms with Crippen LogP contribution in [0.3, 0.4) is 0 Å². The van der Waals surface area contributed by atoms with Crippen molar-refractivity contribution >= 4 is 5.97 Å².